The Kier molecular flexibility index (Phi) is 6.91. The number of halogens is 2. The number of hydrogen-bond donors (Lipinski definition) is 1. The van der Waals surface area contributed by atoms with Gasteiger partial charge in [0.05, 0.1) is 23.4 Å². The highest BCUT2D eigenvalue weighted by atomic mass is 35.5. The molecule has 0 aliphatic carbocycles. The Morgan fingerprint density at radius 1 is 1.17 bits per heavy atom. The zero-order chi connectivity index (χ0) is 21.7. The molecule has 0 unspecified atom stereocenters. The third kappa shape index (κ3) is 5.26. The van der Waals surface area contributed by atoms with Gasteiger partial charge in [-0.05, 0) is 48.5 Å². The van der Waals surface area contributed by atoms with Crippen LogP contribution >= 0.6 is 23.4 Å². The number of rotatable bonds is 7. The van der Waals surface area contributed by atoms with E-state index in [2.05, 4.69) is 15.5 Å². The number of nitrogens with one attached hydrogen (secondary N) is 1. The molecular weight excluding hydrogens is 453 g/mol. The highest BCUT2D eigenvalue weighted by molar-refractivity contribution is 7.99. The molecule has 0 aliphatic rings. The van der Waals surface area contributed by atoms with Gasteiger partial charge >= 0.3 is 0 Å². The average molecular weight is 468 g/mol. The molecule has 156 valence electrons. The fourth-order valence-electron chi connectivity index (χ4n) is 2.39. The van der Waals surface area contributed by atoms with Crippen molar-refractivity contribution in [2.24, 2.45) is 0 Å². The minimum absolute atomic E-state index is 0.000338. The molecule has 1 amide bonds. The Morgan fingerprint density at radius 2 is 1.97 bits per heavy atom. The third-order valence-corrected chi connectivity index (χ3v) is 6.58. The van der Waals surface area contributed by atoms with E-state index in [4.69, 9.17) is 16.3 Å². The van der Waals surface area contributed by atoms with Crippen molar-refractivity contribution >= 4 is 44.8 Å². The maximum Gasteiger partial charge on any atom is 0.234 e. The first-order valence-corrected chi connectivity index (χ1v) is 11.2. The van der Waals surface area contributed by atoms with Crippen molar-refractivity contribution in [2.75, 3.05) is 18.2 Å². The van der Waals surface area contributed by atoms with Crippen molar-refractivity contribution < 1.29 is 22.3 Å². The summed E-state index contributed by atoms with van der Waals surface area (Å²) >= 11 is 7.00. The van der Waals surface area contributed by atoms with E-state index in [1.165, 1.54) is 31.4 Å². The van der Waals surface area contributed by atoms with Gasteiger partial charge in [0.1, 0.15) is 16.6 Å². The van der Waals surface area contributed by atoms with Crippen LogP contribution in [0.2, 0.25) is 5.02 Å². The molecule has 30 heavy (non-hydrogen) atoms. The largest absolute Gasteiger partial charge is 0.495 e. The fraction of sp³-hybridized carbons (Fsp3) is 0.105. The number of benzene rings is 2. The number of hydrogen-bond acceptors (Lipinski definition) is 7. The lowest BCUT2D eigenvalue weighted by Gasteiger charge is -2.10. The minimum atomic E-state index is -3.99. The normalized spacial score (nSPS) is 11.2. The van der Waals surface area contributed by atoms with E-state index in [1.807, 2.05) is 0 Å². The van der Waals surface area contributed by atoms with E-state index in [9.17, 15) is 17.6 Å². The Hall–Kier alpha value is -2.69. The van der Waals surface area contributed by atoms with E-state index >= 15 is 0 Å². The van der Waals surface area contributed by atoms with Crippen LogP contribution in [0.1, 0.15) is 0 Å². The number of thioether (sulfide) groups is 1. The Morgan fingerprint density at radius 3 is 2.63 bits per heavy atom. The van der Waals surface area contributed by atoms with Gasteiger partial charge in [0, 0.05) is 5.02 Å². The molecule has 0 radical (unpaired) electrons. The van der Waals surface area contributed by atoms with Crippen molar-refractivity contribution in [3.63, 3.8) is 0 Å². The molecule has 0 fully saturated rings. The number of methoxy groups -OCH3 is 1. The van der Waals surface area contributed by atoms with E-state index in [0.717, 1.165) is 23.9 Å². The van der Waals surface area contributed by atoms with Gasteiger partial charge in [-0.2, -0.15) is 0 Å². The molecule has 0 saturated carbocycles. The maximum absolute atomic E-state index is 13.3. The number of sulfone groups is 1. The number of ether oxygens (including phenoxy) is 1. The molecule has 1 aromatic heterocycles. The second-order valence-electron chi connectivity index (χ2n) is 5.85. The molecule has 7 nitrogen and oxygen atoms in total. The lowest BCUT2D eigenvalue weighted by molar-refractivity contribution is -0.113. The minimum Gasteiger partial charge on any atom is -0.495 e. The molecule has 0 spiro atoms. The summed E-state index contributed by atoms with van der Waals surface area (Å²) in [5.74, 6) is -0.540. The summed E-state index contributed by atoms with van der Waals surface area (Å²) in [5, 5.41) is 10.7. The number of aromatic nitrogens is 2. The molecule has 3 rings (SSSR count). The second-order valence-corrected chi connectivity index (χ2v) is 9.18. The lowest BCUT2D eigenvalue weighted by Crippen LogP contribution is -2.15. The van der Waals surface area contributed by atoms with E-state index in [1.54, 1.807) is 18.2 Å². The van der Waals surface area contributed by atoms with Crippen LogP contribution in [0.5, 0.6) is 5.75 Å². The molecule has 1 heterocycles. The highest BCUT2D eigenvalue weighted by Crippen LogP contribution is 2.28. The Balaban J connectivity index is 1.65. The van der Waals surface area contributed by atoms with Crippen LogP contribution in [0, 0.1) is 5.82 Å². The number of nitrogens with zero attached hydrogens (tertiary/aromatic N) is 2. The van der Waals surface area contributed by atoms with Gasteiger partial charge in [-0.15, -0.1) is 10.2 Å². The molecular formula is C19H15ClFN3O4S2. The van der Waals surface area contributed by atoms with E-state index in [0.29, 0.717) is 21.5 Å². The SMILES string of the molecule is COc1ccc(Cl)cc1NC(=O)CSc1ccc(S(=O)(=O)c2cccc(F)c2)nn1. The molecule has 2 aromatic carbocycles. The Labute approximate surface area is 181 Å². The smallest absolute Gasteiger partial charge is 0.234 e. The summed E-state index contributed by atoms with van der Waals surface area (Å²) < 4.78 is 43.5. The molecule has 11 heteroatoms. The zero-order valence-electron chi connectivity index (χ0n) is 15.5. The van der Waals surface area contributed by atoms with Crippen LogP contribution in [0.15, 0.2) is 69.5 Å². The summed E-state index contributed by atoms with van der Waals surface area (Å²) in [6, 6.07) is 12.2. The van der Waals surface area contributed by atoms with Gasteiger partial charge in [0.2, 0.25) is 15.7 Å². The van der Waals surface area contributed by atoms with Crippen LogP contribution in [0.3, 0.4) is 0 Å². The maximum atomic E-state index is 13.3. The summed E-state index contributed by atoms with van der Waals surface area (Å²) in [5.41, 5.74) is 0.429. The molecule has 0 bridgehead atoms. The van der Waals surface area contributed by atoms with Crippen molar-refractivity contribution in [3.8, 4) is 5.75 Å². The van der Waals surface area contributed by atoms with Crippen LogP contribution in [-0.4, -0.2) is 37.4 Å². The average Bonchev–Trinajstić information content (AvgIpc) is 2.73. The van der Waals surface area contributed by atoms with Gasteiger partial charge in [-0.1, -0.05) is 29.4 Å². The number of anilines is 1. The molecule has 0 saturated heterocycles. The first-order valence-electron chi connectivity index (χ1n) is 8.40. The van der Waals surface area contributed by atoms with Crippen molar-refractivity contribution in [1.29, 1.82) is 0 Å². The van der Waals surface area contributed by atoms with Crippen LogP contribution in [0.25, 0.3) is 0 Å². The predicted molar refractivity (Wildman–Crippen MR) is 111 cm³/mol. The van der Waals surface area contributed by atoms with Crippen molar-refractivity contribution in [3.05, 3.63) is 65.4 Å². The molecule has 3 aromatic rings. The van der Waals surface area contributed by atoms with Gasteiger partial charge in [0.25, 0.3) is 0 Å². The van der Waals surface area contributed by atoms with Gasteiger partial charge < -0.3 is 10.1 Å². The summed E-state index contributed by atoms with van der Waals surface area (Å²) in [6.45, 7) is 0. The molecule has 0 atom stereocenters. The first kappa shape index (κ1) is 22.0. The first-order chi connectivity index (χ1) is 14.3. The monoisotopic (exact) mass is 467 g/mol. The van der Waals surface area contributed by atoms with Gasteiger partial charge in [0.15, 0.2) is 5.03 Å². The number of carbonyl (C=O) groups is 1. The molecule has 1 N–H and O–H groups in total. The second kappa shape index (κ2) is 9.41. The van der Waals surface area contributed by atoms with Crippen molar-refractivity contribution in [2.45, 2.75) is 14.9 Å². The topological polar surface area (TPSA) is 98.2 Å². The highest BCUT2D eigenvalue weighted by Gasteiger charge is 2.20. The van der Waals surface area contributed by atoms with E-state index < -0.39 is 15.7 Å². The summed E-state index contributed by atoms with van der Waals surface area (Å²) in [7, 11) is -2.52. The lowest BCUT2D eigenvalue weighted by atomic mass is 10.3. The van der Waals surface area contributed by atoms with Crippen molar-refractivity contribution in [1.82, 2.24) is 10.2 Å². The van der Waals surface area contributed by atoms with Crippen LogP contribution in [-0.2, 0) is 14.6 Å². The summed E-state index contributed by atoms with van der Waals surface area (Å²) in [4.78, 5) is 12.0. The van der Waals surface area contributed by atoms with Crippen LogP contribution < -0.4 is 10.1 Å². The van der Waals surface area contributed by atoms with Gasteiger partial charge in [-0.25, -0.2) is 12.8 Å². The fourth-order valence-corrected chi connectivity index (χ4v) is 4.34. The quantitative estimate of drug-likeness (QED) is 0.527. The van der Waals surface area contributed by atoms with Crippen LogP contribution in [0.4, 0.5) is 10.1 Å². The standard InChI is InChI=1S/C19H15ClFN3O4S2/c1-28-16-6-5-12(20)9-15(16)22-17(25)11-29-18-7-8-19(24-23-18)30(26,27)14-4-2-3-13(21)10-14/h2-10H,11H2,1H3,(H,22,25). The summed E-state index contributed by atoms with van der Waals surface area (Å²) in [6.07, 6.45) is 0. The number of carbonyl (C=O) groups excluding carboxylic acids is 1. The van der Waals surface area contributed by atoms with Gasteiger partial charge in [-0.3, -0.25) is 4.79 Å². The predicted octanol–water partition coefficient (Wildman–Crippen LogP) is 3.84. The van der Waals surface area contributed by atoms with E-state index in [-0.39, 0.29) is 21.6 Å². The zero-order valence-corrected chi connectivity index (χ0v) is 17.9. The third-order valence-electron chi connectivity index (χ3n) is 3.78. The number of amides is 1. The molecule has 0 aliphatic heterocycles. The Bertz CT molecular complexity index is 1170.